The van der Waals surface area contributed by atoms with Crippen LogP contribution in [0.1, 0.15) is 5.56 Å². The van der Waals surface area contributed by atoms with E-state index in [0.717, 1.165) is 0 Å². The molecule has 120 valence electrons. The second-order valence-electron chi connectivity index (χ2n) is 5.53. The fraction of sp³-hybridized carbons (Fsp3) is 0.500. The molecule has 6 nitrogen and oxygen atoms in total. The van der Waals surface area contributed by atoms with Gasteiger partial charge < -0.3 is 25.4 Å². The standard InChI is InChI=1S/C14H17BrFN3O3/c15-12-11(18-1-3-19(4-2-18)14(20)21)6-10(16)9-5-8(17)7-22-13(9)12/h6,8H,1-5,7,17H2,(H,20,21)/t8-/m1/s1. The molecule has 0 bridgehead atoms. The second-order valence-corrected chi connectivity index (χ2v) is 6.32. The smallest absolute Gasteiger partial charge is 0.407 e. The number of benzene rings is 1. The molecule has 1 aromatic carbocycles. The number of nitrogens with zero attached hydrogens (tertiary/aromatic N) is 2. The maximum Gasteiger partial charge on any atom is 0.407 e. The first-order valence-electron chi connectivity index (χ1n) is 7.09. The fourth-order valence-electron chi connectivity index (χ4n) is 2.85. The van der Waals surface area contributed by atoms with Crippen molar-refractivity contribution < 1.29 is 19.0 Å². The summed E-state index contributed by atoms with van der Waals surface area (Å²) in [5.74, 6) is 0.182. The summed E-state index contributed by atoms with van der Waals surface area (Å²) in [5.41, 5.74) is 7.00. The van der Waals surface area contributed by atoms with Gasteiger partial charge in [0, 0.05) is 37.8 Å². The van der Waals surface area contributed by atoms with E-state index in [1.807, 2.05) is 4.90 Å². The molecule has 2 heterocycles. The van der Waals surface area contributed by atoms with Crippen molar-refractivity contribution in [3.63, 3.8) is 0 Å². The Bertz CT molecular complexity index is 605. The lowest BCUT2D eigenvalue weighted by atomic mass is 10.0. The Morgan fingerprint density at radius 1 is 1.41 bits per heavy atom. The van der Waals surface area contributed by atoms with Gasteiger partial charge in [-0.05, 0) is 28.4 Å². The topological polar surface area (TPSA) is 79.0 Å². The van der Waals surface area contributed by atoms with Crippen molar-refractivity contribution in [1.82, 2.24) is 4.90 Å². The molecule has 1 atom stereocenters. The molecule has 1 amide bonds. The number of hydrogen-bond donors (Lipinski definition) is 2. The second kappa shape index (κ2) is 5.92. The summed E-state index contributed by atoms with van der Waals surface area (Å²) in [5, 5.41) is 8.98. The average molecular weight is 374 g/mol. The third kappa shape index (κ3) is 2.72. The number of nitrogens with two attached hydrogens (primary N) is 1. The summed E-state index contributed by atoms with van der Waals surface area (Å²) in [6, 6.07) is 1.28. The van der Waals surface area contributed by atoms with Crippen molar-refractivity contribution in [2.24, 2.45) is 5.73 Å². The summed E-state index contributed by atoms with van der Waals surface area (Å²) in [6.45, 7) is 2.19. The Hall–Kier alpha value is -1.54. The Morgan fingerprint density at radius 3 is 2.73 bits per heavy atom. The molecule has 22 heavy (non-hydrogen) atoms. The quantitative estimate of drug-likeness (QED) is 0.782. The molecule has 0 aliphatic carbocycles. The molecular formula is C14H17BrFN3O3. The number of carboxylic acid groups (broad SMARTS) is 1. The lowest BCUT2D eigenvalue weighted by Gasteiger charge is -2.36. The van der Waals surface area contributed by atoms with Crippen LogP contribution in [0, 0.1) is 5.82 Å². The van der Waals surface area contributed by atoms with E-state index in [0.29, 0.717) is 60.7 Å². The molecule has 0 spiro atoms. The minimum absolute atomic E-state index is 0.195. The minimum atomic E-state index is -0.923. The molecule has 2 aliphatic rings. The maximum absolute atomic E-state index is 14.4. The summed E-state index contributed by atoms with van der Waals surface area (Å²) < 4.78 is 20.7. The zero-order chi connectivity index (χ0) is 15.9. The Balaban J connectivity index is 1.87. The summed E-state index contributed by atoms with van der Waals surface area (Å²) in [7, 11) is 0. The van der Waals surface area contributed by atoms with E-state index in [2.05, 4.69) is 15.9 Å². The SMILES string of the molecule is N[C@H]1COc2c(Br)c(N3CCN(C(=O)O)CC3)cc(F)c2C1. The van der Waals surface area contributed by atoms with Crippen LogP contribution in [0.2, 0.25) is 0 Å². The van der Waals surface area contributed by atoms with Gasteiger partial charge in [-0.15, -0.1) is 0 Å². The monoisotopic (exact) mass is 373 g/mol. The van der Waals surface area contributed by atoms with E-state index in [4.69, 9.17) is 15.6 Å². The number of fused-ring (bicyclic) bond motifs is 1. The van der Waals surface area contributed by atoms with Crippen molar-refractivity contribution in [3.8, 4) is 5.75 Å². The van der Waals surface area contributed by atoms with Gasteiger partial charge in [-0.2, -0.15) is 0 Å². The number of anilines is 1. The molecule has 0 radical (unpaired) electrons. The summed E-state index contributed by atoms with van der Waals surface area (Å²) in [4.78, 5) is 14.3. The van der Waals surface area contributed by atoms with Crippen LogP contribution in [0.4, 0.5) is 14.9 Å². The van der Waals surface area contributed by atoms with Crippen molar-refractivity contribution >= 4 is 27.7 Å². The largest absolute Gasteiger partial charge is 0.490 e. The molecule has 3 rings (SSSR count). The van der Waals surface area contributed by atoms with E-state index in [9.17, 15) is 9.18 Å². The lowest BCUT2D eigenvalue weighted by Crippen LogP contribution is -2.48. The van der Waals surface area contributed by atoms with Crippen LogP contribution in [0.15, 0.2) is 10.5 Å². The predicted molar refractivity (Wildman–Crippen MR) is 83.1 cm³/mol. The summed E-state index contributed by atoms with van der Waals surface area (Å²) >= 11 is 3.50. The number of carbonyl (C=O) groups is 1. The van der Waals surface area contributed by atoms with Gasteiger partial charge in [-0.1, -0.05) is 0 Å². The Morgan fingerprint density at radius 2 is 2.09 bits per heavy atom. The number of piperazine rings is 1. The molecule has 3 N–H and O–H groups in total. The molecule has 0 aromatic heterocycles. The van der Waals surface area contributed by atoms with Gasteiger partial charge in [-0.25, -0.2) is 9.18 Å². The summed E-state index contributed by atoms with van der Waals surface area (Å²) in [6.07, 6.45) is -0.472. The van der Waals surface area contributed by atoms with Gasteiger partial charge in [0.25, 0.3) is 0 Å². The molecular weight excluding hydrogens is 357 g/mol. The van der Waals surface area contributed by atoms with Gasteiger partial charge in [0.2, 0.25) is 0 Å². The first-order valence-corrected chi connectivity index (χ1v) is 7.88. The molecule has 0 saturated carbocycles. The molecule has 1 aromatic rings. The van der Waals surface area contributed by atoms with E-state index in [1.165, 1.54) is 11.0 Å². The van der Waals surface area contributed by atoms with Gasteiger partial charge in [0.15, 0.2) is 0 Å². The highest BCUT2D eigenvalue weighted by molar-refractivity contribution is 9.10. The van der Waals surface area contributed by atoms with E-state index in [1.54, 1.807) is 0 Å². The van der Waals surface area contributed by atoms with Crippen molar-refractivity contribution in [3.05, 3.63) is 21.9 Å². The van der Waals surface area contributed by atoms with E-state index < -0.39 is 6.09 Å². The minimum Gasteiger partial charge on any atom is -0.490 e. The fourth-order valence-corrected chi connectivity index (χ4v) is 3.57. The lowest BCUT2D eigenvalue weighted by molar-refractivity contribution is 0.142. The van der Waals surface area contributed by atoms with Crippen LogP contribution in [0.25, 0.3) is 0 Å². The van der Waals surface area contributed by atoms with Crippen LogP contribution in [0.3, 0.4) is 0 Å². The highest BCUT2D eigenvalue weighted by atomic mass is 79.9. The number of amides is 1. The average Bonchev–Trinajstić information content (AvgIpc) is 2.51. The number of hydrogen-bond acceptors (Lipinski definition) is 4. The predicted octanol–water partition coefficient (Wildman–Crippen LogP) is 1.65. The number of rotatable bonds is 1. The third-order valence-electron chi connectivity index (χ3n) is 4.05. The molecule has 0 unspecified atom stereocenters. The molecule has 1 fully saturated rings. The van der Waals surface area contributed by atoms with Crippen LogP contribution in [-0.2, 0) is 6.42 Å². The Labute approximate surface area is 135 Å². The maximum atomic E-state index is 14.4. The first kappa shape index (κ1) is 15.4. The van der Waals surface area contributed by atoms with Crippen molar-refractivity contribution in [2.45, 2.75) is 12.5 Å². The molecule has 1 saturated heterocycles. The zero-order valence-electron chi connectivity index (χ0n) is 11.9. The van der Waals surface area contributed by atoms with Crippen molar-refractivity contribution in [2.75, 3.05) is 37.7 Å². The van der Waals surface area contributed by atoms with Crippen LogP contribution < -0.4 is 15.4 Å². The van der Waals surface area contributed by atoms with Gasteiger partial charge >= 0.3 is 6.09 Å². The molecule has 2 aliphatic heterocycles. The van der Waals surface area contributed by atoms with Crippen molar-refractivity contribution in [1.29, 1.82) is 0 Å². The normalized spacial score (nSPS) is 21.3. The highest BCUT2D eigenvalue weighted by Crippen LogP contribution is 2.41. The number of halogens is 2. The van der Waals surface area contributed by atoms with Gasteiger partial charge in [-0.3, -0.25) is 0 Å². The Kier molecular flexibility index (Phi) is 4.14. The third-order valence-corrected chi connectivity index (χ3v) is 4.82. The van der Waals surface area contributed by atoms with Crippen LogP contribution in [-0.4, -0.2) is 54.9 Å². The first-order chi connectivity index (χ1) is 10.5. The highest BCUT2D eigenvalue weighted by Gasteiger charge is 2.28. The van der Waals surface area contributed by atoms with Gasteiger partial charge in [0.1, 0.15) is 18.2 Å². The van der Waals surface area contributed by atoms with Crippen LogP contribution >= 0.6 is 15.9 Å². The van der Waals surface area contributed by atoms with Gasteiger partial charge in [0.05, 0.1) is 10.2 Å². The molecule has 8 heteroatoms. The van der Waals surface area contributed by atoms with Crippen LogP contribution in [0.5, 0.6) is 5.75 Å². The van der Waals surface area contributed by atoms with E-state index >= 15 is 0 Å². The van der Waals surface area contributed by atoms with E-state index in [-0.39, 0.29) is 11.9 Å². The number of ether oxygens (including phenoxy) is 1. The zero-order valence-corrected chi connectivity index (χ0v) is 13.5.